The number of carbonyl (C=O) groups is 2. The molecule has 0 radical (unpaired) electrons. The summed E-state index contributed by atoms with van der Waals surface area (Å²) in [7, 11) is 0. The molecule has 104 valence electrons. The lowest BCUT2D eigenvalue weighted by atomic mass is 9.70. The second kappa shape index (κ2) is 10.5. The van der Waals surface area contributed by atoms with Gasteiger partial charge < -0.3 is 20.4 Å². The second-order valence-electron chi connectivity index (χ2n) is 3.75. The highest BCUT2D eigenvalue weighted by Gasteiger charge is 2.35. The number of carboxylic acid groups (broad SMARTS) is 2. The second-order valence-corrected chi connectivity index (χ2v) is 3.75. The van der Waals surface area contributed by atoms with Crippen LogP contribution in [0.2, 0.25) is 0 Å². The maximum atomic E-state index is 9.25. The summed E-state index contributed by atoms with van der Waals surface area (Å²) in [5.41, 5.74) is -0.0833. The number of hydrogen-bond donors (Lipinski definition) is 4. The molecule has 0 aromatic carbocycles. The number of rotatable bonds is 4. The zero-order chi connectivity index (χ0) is 14.6. The fraction of sp³-hybridized carbons (Fsp3) is 0.500. The van der Waals surface area contributed by atoms with Crippen molar-refractivity contribution in [1.29, 1.82) is 0 Å². The molecule has 0 saturated heterocycles. The van der Waals surface area contributed by atoms with Crippen molar-refractivity contribution in [3.8, 4) is 0 Å². The Morgan fingerprint density at radius 2 is 1.28 bits per heavy atom. The average Bonchev–Trinajstić information content (AvgIpc) is 2.30. The van der Waals surface area contributed by atoms with Crippen LogP contribution in [0, 0.1) is 5.41 Å². The zero-order valence-electron chi connectivity index (χ0n) is 10.2. The lowest BCUT2D eigenvalue weighted by Gasteiger charge is -2.38. The monoisotopic (exact) mass is 260 g/mol. The first-order chi connectivity index (χ1) is 8.37. The Morgan fingerprint density at radius 1 is 1.00 bits per heavy atom. The Bertz CT molecular complexity index is 249. The normalized spacial score (nSPS) is 14.6. The van der Waals surface area contributed by atoms with Crippen molar-refractivity contribution in [1.82, 2.24) is 0 Å². The molecule has 0 aromatic rings. The van der Waals surface area contributed by atoms with Gasteiger partial charge in [-0.3, -0.25) is 0 Å². The molecule has 0 bridgehead atoms. The van der Waals surface area contributed by atoms with Gasteiger partial charge in [-0.2, -0.15) is 0 Å². The Labute approximate surface area is 106 Å². The van der Waals surface area contributed by atoms with Crippen LogP contribution in [0.4, 0.5) is 0 Å². The summed E-state index contributed by atoms with van der Waals surface area (Å²) in [5, 5.41) is 32.6. The van der Waals surface area contributed by atoms with Gasteiger partial charge in [-0.15, -0.1) is 0 Å². The minimum atomic E-state index is -0.981. The van der Waals surface area contributed by atoms with Crippen molar-refractivity contribution in [3.63, 3.8) is 0 Å². The van der Waals surface area contributed by atoms with Crippen molar-refractivity contribution in [3.05, 3.63) is 25.3 Å². The van der Waals surface area contributed by atoms with Crippen molar-refractivity contribution in [2.24, 2.45) is 5.41 Å². The van der Waals surface area contributed by atoms with E-state index in [1.165, 1.54) is 6.42 Å². The Balaban J connectivity index is 0. The van der Waals surface area contributed by atoms with Crippen molar-refractivity contribution in [2.75, 3.05) is 13.2 Å². The van der Waals surface area contributed by atoms with Crippen LogP contribution in [-0.2, 0) is 9.59 Å². The van der Waals surface area contributed by atoms with Crippen LogP contribution in [0.1, 0.15) is 19.3 Å². The van der Waals surface area contributed by atoms with E-state index in [9.17, 15) is 9.59 Å². The number of aliphatic hydroxyl groups excluding tert-OH is 2. The van der Waals surface area contributed by atoms with E-state index in [2.05, 4.69) is 13.2 Å². The van der Waals surface area contributed by atoms with Crippen LogP contribution in [0.3, 0.4) is 0 Å². The fourth-order valence-electron chi connectivity index (χ4n) is 1.04. The Morgan fingerprint density at radius 3 is 1.28 bits per heavy atom. The molecule has 1 fully saturated rings. The fourth-order valence-corrected chi connectivity index (χ4v) is 1.04. The van der Waals surface area contributed by atoms with E-state index in [0.29, 0.717) is 0 Å². The third-order valence-electron chi connectivity index (χ3n) is 2.43. The molecule has 0 aliphatic heterocycles. The molecule has 6 heteroatoms. The van der Waals surface area contributed by atoms with E-state index in [0.717, 1.165) is 25.0 Å². The molecule has 1 aliphatic carbocycles. The predicted molar refractivity (Wildman–Crippen MR) is 66.1 cm³/mol. The molecule has 0 spiro atoms. The molecule has 4 N–H and O–H groups in total. The van der Waals surface area contributed by atoms with Gasteiger partial charge in [0.2, 0.25) is 0 Å². The first-order valence-electron chi connectivity index (χ1n) is 5.30. The van der Waals surface area contributed by atoms with Gasteiger partial charge in [-0.05, 0) is 12.8 Å². The van der Waals surface area contributed by atoms with Crippen molar-refractivity contribution < 1.29 is 30.0 Å². The molecule has 1 aliphatic rings. The molecule has 0 heterocycles. The maximum Gasteiger partial charge on any atom is 0.327 e. The first-order valence-corrected chi connectivity index (χ1v) is 5.30. The SMILES string of the molecule is C=CC(=O)O.C=CC(=O)O.OCC1(CO)CCC1. The lowest BCUT2D eigenvalue weighted by Crippen LogP contribution is -2.36. The van der Waals surface area contributed by atoms with Crippen molar-refractivity contribution >= 4 is 11.9 Å². The van der Waals surface area contributed by atoms with Crippen LogP contribution in [-0.4, -0.2) is 45.6 Å². The molecule has 0 amide bonds. The summed E-state index contributed by atoms with van der Waals surface area (Å²) in [4.78, 5) is 18.5. The summed E-state index contributed by atoms with van der Waals surface area (Å²) >= 11 is 0. The van der Waals surface area contributed by atoms with E-state index in [4.69, 9.17) is 20.4 Å². The molecule has 18 heavy (non-hydrogen) atoms. The Hall–Kier alpha value is -1.66. The highest BCUT2D eigenvalue weighted by Crippen LogP contribution is 2.39. The van der Waals surface area contributed by atoms with Crippen LogP contribution < -0.4 is 0 Å². The number of aliphatic hydroxyl groups is 2. The molecule has 0 aromatic heterocycles. The van der Waals surface area contributed by atoms with Crippen LogP contribution in [0.15, 0.2) is 25.3 Å². The van der Waals surface area contributed by atoms with E-state index in [1.54, 1.807) is 0 Å². The molecule has 0 atom stereocenters. The molecule has 6 nitrogen and oxygen atoms in total. The number of hydrogen-bond acceptors (Lipinski definition) is 4. The third kappa shape index (κ3) is 9.56. The van der Waals surface area contributed by atoms with Crippen LogP contribution in [0.5, 0.6) is 0 Å². The van der Waals surface area contributed by atoms with Gasteiger partial charge in [0, 0.05) is 17.6 Å². The van der Waals surface area contributed by atoms with E-state index in [1.807, 2.05) is 0 Å². The standard InChI is InChI=1S/C6H12O2.2C3H4O2/c7-4-6(5-8)2-1-3-6;2*1-2-3(4)5/h7-8H,1-5H2;2*2H,1H2,(H,4,5). The summed E-state index contributed by atoms with van der Waals surface area (Å²) in [6, 6.07) is 0. The van der Waals surface area contributed by atoms with Crippen LogP contribution in [0.25, 0.3) is 0 Å². The minimum Gasteiger partial charge on any atom is -0.478 e. The van der Waals surface area contributed by atoms with Gasteiger partial charge in [0.1, 0.15) is 0 Å². The van der Waals surface area contributed by atoms with Gasteiger partial charge in [0.15, 0.2) is 0 Å². The maximum absolute atomic E-state index is 9.25. The number of aliphatic carboxylic acids is 2. The molecule has 1 saturated carbocycles. The van der Waals surface area contributed by atoms with Gasteiger partial charge >= 0.3 is 11.9 Å². The molecule has 1 rings (SSSR count). The summed E-state index contributed by atoms with van der Waals surface area (Å²) < 4.78 is 0. The predicted octanol–water partition coefficient (Wildman–Crippen LogP) is 0.655. The Kier molecular flexibility index (Phi) is 10.9. The summed E-state index contributed by atoms with van der Waals surface area (Å²) in [6.07, 6.45) is 4.83. The molecular weight excluding hydrogens is 240 g/mol. The van der Waals surface area contributed by atoms with Gasteiger partial charge in [-0.25, -0.2) is 9.59 Å². The first kappa shape index (κ1) is 18.7. The summed E-state index contributed by atoms with van der Waals surface area (Å²) in [6.45, 7) is 6.23. The average molecular weight is 260 g/mol. The van der Waals surface area contributed by atoms with Crippen LogP contribution >= 0.6 is 0 Å². The summed E-state index contributed by atoms with van der Waals surface area (Å²) in [5.74, 6) is -1.96. The highest BCUT2D eigenvalue weighted by molar-refractivity contribution is 5.79. The van der Waals surface area contributed by atoms with Gasteiger partial charge in [0.05, 0.1) is 13.2 Å². The van der Waals surface area contributed by atoms with Gasteiger partial charge in [0.25, 0.3) is 0 Å². The number of carboxylic acids is 2. The van der Waals surface area contributed by atoms with E-state index >= 15 is 0 Å². The topological polar surface area (TPSA) is 115 Å². The largest absolute Gasteiger partial charge is 0.478 e. The zero-order valence-corrected chi connectivity index (χ0v) is 10.2. The quantitative estimate of drug-likeness (QED) is 0.552. The van der Waals surface area contributed by atoms with Crippen molar-refractivity contribution in [2.45, 2.75) is 19.3 Å². The van der Waals surface area contributed by atoms with Gasteiger partial charge in [-0.1, -0.05) is 19.6 Å². The van der Waals surface area contributed by atoms with E-state index in [-0.39, 0.29) is 18.6 Å². The minimum absolute atomic E-state index is 0.0833. The molecule has 0 unspecified atom stereocenters. The smallest absolute Gasteiger partial charge is 0.327 e. The van der Waals surface area contributed by atoms with E-state index < -0.39 is 11.9 Å². The third-order valence-corrected chi connectivity index (χ3v) is 2.43. The molecular formula is C12H20O6. The lowest BCUT2D eigenvalue weighted by molar-refractivity contribution is -0.132. The highest BCUT2D eigenvalue weighted by atomic mass is 16.4.